The Kier molecular flexibility index (Phi) is 12.7. The zero-order valence-electron chi connectivity index (χ0n) is 14.1. The standard InChI is InChI=1S/C8H14O2.2C4H6O2/c1-6(2)7(9)10-8(3,4)5;2*1-3(2)4(5)6/h1H2,2-5H3;2*1H2,2H3,(H,5,6). The van der Waals surface area contributed by atoms with Gasteiger partial charge in [0.2, 0.25) is 0 Å². The van der Waals surface area contributed by atoms with E-state index in [0.29, 0.717) is 5.57 Å². The van der Waals surface area contributed by atoms with Crippen molar-refractivity contribution in [3.05, 3.63) is 36.5 Å². The summed E-state index contributed by atoms with van der Waals surface area (Å²) in [6.45, 7) is 19.8. The van der Waals surface area contributed by atoms with Crippen molar-refractivity contribution in [1.82, 2.24) is 0 Å². The van der Waals surface area contributed by atoms with Gasteiger partial charge in [-0.1, -0.05) is 19.7 Å². The highest BCUT2D eigenvalue weighted by Gasteiger charge is 2.15. The van der Waals surface area contributed by atoms with Gasteiger partial charge >= 0.3 is 17.9 Å². The molecule has 0 aromatic carbocycles. The van der Waals surface area contributed by atoms with Gasteiger partial charge in [-0.25, -0.2) is 14.4 Å². The van der Waals surface area contributed by atoms with Crippen LogP contribution in [0.25, 0.3) is 0 Å². The van der Waals surface area contributed by atoms with Crippen LogP contribution in [0.4, 0.5) is 0 Å². The molecule has 2 N–H and O–H groups in total. The molecule has 0 saturated heterocycles. The maximum absolute atomic E-state index is 10.8. The minimum Gasteiger partial charge on any atom is -0.478 e. The van der Waals surface area contributed by atoms with Crippen LogP contribution >= 0.6 is 0 Å². The third kappa shape index (κ3) is 22.8. The second kappa shape index (κ2) is 11.3. The number of carboxylic acid groups (broad SMARTS) is 2. The Morgan fingerprint density at radius 1 is 0.773 bits per heavy atom. The molecule has 0 aromatic rings. The van der Waals surface area contributed by atoms with Crippen molar-refractivity contribution in [3.8, 4) is 0 Å². The van der Waals surface area contributed by atoms with Gasteiger partial charge in [-0.15, -0.1) is 0 Å². The normalized spacial score (nSPS) is 9.00. The first-order valence-corrected chi connectivity index (χ1v) is 6.28. The predicted molar refractivity (Wildman–Crippen MR) is 85.6 cm³/mol. The van der Waals surface area contributed by atoms with Crippen LogP contribution in [0.5, 0.6) is 0 Å². The summed E-state index contributed by atoms with van der Waals surface area (Å²) in [6, 6.07) is 0. The first-order valence-electron chi connectivity index (χ1n) is 6.28. The van der Waals surface area contributed by atoms with Gasteiger partial charge in [-0.3, -0.25) is 0 Å². The number of carboxylic acids is 2. The zero-order valence-corrected chi connectivity index (χ0v) is 14.1. The quantitative estimate of drug-likeness (QED) is 0.613. The molecular formula is C16H26O6. The summed E-state index contributed by atoms with van der Waals surface area (Å²) < 4.78 is 4.96. The van der Waals surface area contributed by atoms with Gasteiger partial charge < -0.3 is 14.9 Å². The van der Waals surface area contributed by atoms with E-state index >= 15 is 0 Å². The van der Waals surface area contributed by atoms with Crippen LogP contribution in [0.15, 0.2) is 36.5 Å². The smallest absolute Gasteiger partial charge is 0.333 e. The first kappa shape index (κ1) is 24.6. The maximum Gasteiger partial charge on any atom is 0.333 e. The van der Waals surface area contributed by atoms with E-state index in [1.165, 1.54) is 13.8 Å². The SMILES string of the molecule is C=C(C)C(=O)O.C=C(C)C(=O)O.C=C(C)C(=O)OC(C)(C)C. The molecule has 0 aliphatic heterocycles. The van der Waals surface area contributed by atoms with Crippen LogP contribution in [-0.2, 0) is 19.1 Å². The molecular weight excluding hydrogens is 288 g/mol. The van der Waals surface area contributed by atoms with Crippen LogP contribution < -0.4 is 0 Å². The molecule has 0 heterocycles. The van der Waals surface area contributed by atoms with Crippen molar-refractivity contribution in [2.45, 2.75) is 47.1 Å². The van der Waals surface area contributed by atoms with Crippen molar-refractivity contribution in [2.24, 2.45) is 0 Å². The summed E-state index contributed by atoms with van der Waals surface area (Å²) in [5.41, 5.74) is 0.385. The fourth-order valence-electron chi connectivity index (χ4n) is 0.365. The highest BCUT2D eigenvalue weighted by molar-refractivity contribution is 5.87. The molecule has 0 aliphatic carbocycles. The molecule has 0 unspecified atom stereocenters. The molecule has 0 amide bonds. The molecule has 22 heavy (non-hydrogen) atoms. The molecule has 0 aromatic heterocycles. The molecule has 0 fully saturated rings. The van der Waals surface area contributed by atoms with Gasteiger partial charge in [0, 0.05) is 16.7 Å². The summed E-state index contributed by atoms with van der Waals surface area (Å²) in [7, 11) is 0. The average Bonchev–Trinajstić information content (AvgIpc) is 2.27. The molecule has 0 saturated carbocycles. The van der Waals surface area contributed by atoms with Crippen molar-refractivity contribution >= 4 is 17.9 Å². The number of hydrogen-bond donors (Lipinski definition) is 2. The topological polar surface area (TPSA) is 101 Å². The van der Waals surface area contributed by atoms with Gasteiger partial charge in [-0.05, 0) is 41.5 Å². The Balaban J connectivity index is -0.000000261. The van der Waals surface area contributed by atoms with E-state index in [1.54, 1.807) is 6.92 Å². The van der Waals surface area contributed by atoms with E-state index in [4.69, 9.17) is 14.9 Å². The number of rotatable bonds is 3. The van der Waals surface area contributed by atoms with Gasteiger partial charge in [0.15, 0.2) is 0 Å². The predicted octanol–water partition coefficient (Wildman–Crippen LogP) is 3.20. The average molecular weight is 314 g/mol. The van der Waals surface area contributed by atoms with E-state index in [0.717, 1.165) is 0 Å². The van der Waals surface area contributed by atoms with E-state index < -0.39 is 17.5 Å². The lowest BCUT2D eigenvalue weighted by Crippen LogP contribution is -2.23. The first-order chi connectivity index (χ1) is 9.61. The van der Waals surface area contributed by atoms with Crippen molar-refractivity contribution in [1.29, 1.82) is 0 Å². The van der Waals surface area contributed by atoms with Crippen LogP contribution in [0.2, 0.25) is 0 Å². The molecule has 0 aliphatic rings. The van der Waals surface area contributed by atoms with Crippen molar-refractivity contribution in [2.75, 3.05) is 0 Å². The lowest BCUT2D eigenvalue weighted by atomic mass is 10.2. The third-order valence-electron chi connectivity index (χ3n) is 1.48. The summed E-state index contributed by atoms with van der Waals surface area (Å²) in [5, 5.41) is 15.8. The Morgan fingerprint density at radius 2 is 1.00 bits per heavy atom. The molecule has 0 rings (SSSR count). The van der Waals surface area contributed by atoms with E-state index in [1.807, 2.05) is 20.8 Å². The molecule has 126 valence electrons. The Morgan fingerprint density at radius 3 is 1.05 bits per heavy atom. The molecule has 0 spiro atoms. The fraction of sp³-hybridized carbons (Fsp3) is 0.438. The number of carbonyl (C=O) groups is 3. The minimum absolute atomic E-state index is 0.176. The van der Waals surface area contributed by atoms with Crippen LogP contribution in [0, 0.1) is 0 Å². The lowest BCUT2D eigenvalue weighted by molar-refractivity contribution is -0.149. The minimum atomic E-state index is -0.935. The van der Waals surface area contributed by atoms with Gasteiger partial charge in [0.05, 0.1) is 0 Å². The summed E-state index contributed by atoms with van der Waals surface area (Å²) in [5.74, 6) is -2.20. The maximum atomic E-state index is 10.8. The highest BCUT2D eigenvalue weighted by Crippen LogP contribution is 2.09. The second-order valence-electron chi connectivity index (χ2n) is 5.45. The highest BCUT2D eigenvalue weighted by atomic mass is 16.6. The van der Waals surface area contributed by atoms with Gasteiger partial charge in [0.25, 0.3) is 0 Å². The lowest BCUT2D eigenvalue weighted by Gasteiger charge is -2.19. The molecule has 0 radical (unpaired) electrons. The largest absolute Gasteiger partial charge is 0.478 e. The van der Waals surface area contributed by atoms with Gasteiger partial charge in [0.1, 0.15) is 5.60 Å². The number of esters is 1. The summed E-state index contributed by atoms with van der Waals surface area (Å²) in [6.07, 6.45) is 0. The second-order valence-corrected chi connectivity index (χ2v) is 5.45. The molecule has 6 heteroatoms. The van der Waals surface area contributed by atoms with Crippen LogP contribution in [0.3, 0.4) is 0 Å². The third-order valence-corrected chi connectivity index (χ3v) is 1.48. The van der Waals surface area contributed by atoms with E-state index in [9.17, 15) is 14.4 Å². The summed E-state index contributed by atoms with van der Waals surface area (Å²) in [4.78, 5) is 30.0. The number of carbonyl (C=O) groups excluding carboxylic acids is 1. The van der Waals surface area contributed by atoms with E-state index in [-0.39, 0.29) is 17.1 Å². The number of hydrogen-bond acceptors (Lipinski definition) is 4. The summed E-state index contributed by atoms with van der Waals surface area (Å²) >= 11 is 0. The molecule has 6 nitrogen and oxygen atoms in total. The Hall–Kier alpha value is -2.37. The van der Waals surface area contributed by atoms with Crippen LogP contribution in [0.1, 0.15) is 41.5 Å². The van der Waals surface area contributed by atoms with Crippen molar-refractivity contribution in [3.63, 3.8) is 0 Å². The monoisotopic (exact) mass is 314 g/mol. The Labute approximate surface area is 131 Å². The van der Waals surface area contributed by atoms with Gasteiger partial charge in [-0.2, -0.15) is 0 Å². The van der Waals surface area contributed by atoms with Crippen molar-refractivity contribution < 1.29 is 29.3 Å². The molecule has 0 atom stereocenters. The Bertz CT molecular complexity index is 404. The van der Waals surface area contributed by atoms with Crippen LogP contribution in [-0.4, -0.2) is 33.7 Å². The zero-order chi connectivity index (χ0) is 18.7. The number of ether oxygens (including phenoxy) is 1. The number of aliphatic carboxylic acids is 2. The molecule has 0 bridgehead atoms. The fourth-order valence-corrected chi connectivity index (χ4v) is 0.365. The van der Waals surface area contributed by atoms with E-state index in [2.05, 4.69) is 19.7 Å².